The standard InChI is InChI=1S/C16H20N4O/c1-2-4-12(5-3-1)16-18-15(19-21-16)11-20-7-6-13-8-17-9-14(13)10-20/h1-5,13-14,17H,6-11H2. The molecule has 2 fully saturated rings. The summed E-state index contributed by atoms with van der Waals surface area (Å²) in [4.78, 5) is 6.98. The van der Waals surface area contributed by atoms with Gasteiger partial charge >= 0.3 is 0 Å². The van der Waals surface area contributed by atoms with Crippen molar-refractivity contribution in [2.24, 2.45) is 11.8 Å². The molecule has 2 unspecified atom stereocenters. The first kappa shape index (κ1) is 13.0. The third-order valence-corrected chi connectivity index (χ3v) is 4.64. The second kappa shape index (κ2) is 5.58. The Bertz CT molecular complexity index is 597. The molecule has 21 heavy (non-hydrogen) atoms. The zero-order chi connectivity index (χ0) is 14.1. The SMILES string of the molecule is c1ccc(-c2nc(CN3CCC4CNCC4C3)no2)cc1. The van der Waals surface area contributed by atoms with E-state index < -0.39 is 0 Å². The van der Waals surface area contributed by atoms with Crippen molar-refractivity contribution in [3.8, 4) is 11.5 Å². The molecule has 0 saturated carbocycles. The van der Waals surface area contributed by atoms with Crippen LogP contribution in [0.1, 0.15) is 12.2 Å². The van der Waals surface area contributed by atoms with Crippen molar-refractivity contribution in [1.29, 1.82) is 0 Å². The van der Waals surface area contributed by atoms with Gasteiger partial charge in [0.1, 0.15) is 0 Å². The van der Waals surface area contributed by atoms with Crippen LogP contribution in [0.5, 0.6) is 0 Å². The van der Waals surface area contributed by atoms with Crippen LogP contribution in [0.2, 0.25) is 0 Å². The van der Waals surface area contributed by atoms with Crippen LogP contribution in [0, 0.1) is 11.8 Å². The molecule has 2 aromatic rings. The van der Waals surface area contributed by atoms with Crippen LogP contribution in [0.15, 0.2) is 34.9 Å². The molecule has 2 atom stereocenters. The van der Waals surface area contributed by atoms with Crippen LogP contribution < -0.4 is 5.32 Å². The highest BCUT2D eigenvalue weighted by Crippen LogP contribution is 2.27. The number of rotatable bonds is 3. The molecule has 1 aromatic carbocycles. The Kier molecular flexibility index (Phi) is 3.45. The average molecular weight is 284 g/mol. The van der Waals surface area contributed by atoms with E-state index in [9.17, 15) is 0 Å². The molecule has 4 rings (SSSR count). The van der Waals surface area contributed by atoms with Crippen LogP contribution in [0.4, 0.5) is 0 Å². The van der Waals surface area contributed by atoms with Gasteiger partial charge in [0.15, 0.2) is 5.82 Å². The van der Waals surface area contributed by atoms with E-state index >= 15 is 0 Å². The zero-order valence-electron chi connectivity index (χ0n) is 12.0. The quantitative estimate of drug-likeness (QED) is 0.931. The van der Waals surface area contributed by atoms with E-state index in [2.05, 4.69) is 20.4 Å². The maximum atomic E-state index is 5.38. The minimum atomic E-state index is 0.614. The number of hydrogen-bond donors (Lipinski definition) is 1. The van der Waals surface area contributed by atoms with Gasteiger partial charge in [0.05, 0.1) is 6.54 Å². The van der Waals surface area contributed by atoms with Gasteiger partial charge in [-0.05, 0) is 50.0 Å². The predicted octanol–water partition coefficient (Wildman–Crippen LogP) is 1.78. The summed E-state index contributed by atoms with van der Waals surface area (Å²) in [5.41, 5.74) is 0.981. The van der Waals surface area contributed by atoms with Crippen molar-refractivity contribution >= 4 is 0 Å². The lowest BCUT2D eigenvalue weighted by molar-refractivity contribution is 0.138. The number of piperidine rings is 1. The number of nitrogens with zero attached hydrogens (tertiary/aromatic N) is 3. The van der Waals surface area contributed by atoms with Crippen LogP contribution in [0.25, 0.3) is 11.5 Å². The summed E-state index contributed by atoms with van der Waals surface area (Å²) in [5, 5.41) is 7.63. The highest BCUT2D eigenvalue weighted by molar-refractivity contribution is 5.51. The summed E-state index contributed by atoms with van der Waals surface area (Å²) in [6, 6.07) is 9.94. The minimum Gasteiger partial charge on any atom is -0.334 e. The van der Waals surface area contributed by atoms with Gasteiger partial charge in [0.25, 0.3) is 5.89 Å². The van der Waals surface area contributed by atoms with Gasteiger partial charge in [-0.1, -0.05) is 23.4 Å². The van der Waals surface area contributed by atoms with Crippen molar-refractivity contribution in [1.82, 2.24) is 20.4 Å². The lowest BCUT2D eigenvalue weighted by atomic mass is 9.89. The van der Waals surface area contributed by atoms with Gasteiger partial charge < -0.3 is 9.84 Å². The second-order valence-electron chi connectivity index (χ2n) is 6.08. The Hall–Kier alpha value is -1.72. The Balaban J connectivity index is 1.42. The van der Waals surface area contributed by atoms with Crippen molar-refractivity contribution in [2.45, 2.75) is 13.0 Å². The fraction of sp³-hybridized carbons (Fsp3) is 0.500. The number of benzene rings is 1. The lowest BCUT2D eigenvalue weighted by Crippen LogP contribution is -2.39. The molecule has 0 bridgehead atoms. The topological polar surface area (TPSA) is 54.2 Å². The van der Waals surface area contributed by atoms with Crippen LogP contribution in [0.3, 0.4) is 0 Å². The summed E-state index contributed by atoms with van der Waals surface area (Å²) in [6.07, 6.45) is 1.28. The number of aromatic nitrogens is 2. The molecule has 3 heterocycles. The van der Waals surface area contributed by atoms with Crippen LogP contribution in [-0.2, 0) is 6.54 Å². The van der Waals surface area contributed by atoms with Crippen molar-refractivity contribution in [2.75, 3.05) is 26.2 Å². The molecule has 0 spiro atoms. The lowest BCUT2D eigenvalue weighted by Gasteiger charge is -2.33. The zero-order valence-corrected chi connectivity index (χ0v) is 12.0. The first-order valence-corrected chi connectivity index (χ1v) is 7.69. The van der Waals surface area contributed by atoms with Gasteiger partial charge in [-0.15, -0.1) is 0 Å². The van der Waals surface area contributed by atoms with Crippen molar-refractivity contribution in [3.05, 3.63) is 36.2 Å². The van der Waals surface area contributed by atoms with Crippen LogP contribution in [-0.4, -0.2) is 41.2 Å². The molecule has 110 valence electrons. The Morgan fingerprint density at radius 2 is 2.05 bits per heavy atom. The van der Waals surface area contributed by atoms with Gasteiger partial charge in [-0.25, -0.2) is 0 Å². The molecule has 0 radical (unpaired) electrons. The number of fused-ring (bicyclic) bond motifs is 1. The molecular formula is C16H20N4O. The Labute approximate surface area is 124 Å². The maximum Gasteiger partial charge on any atom is 0.257 e. The average Bonchev–Trinajstić information content (AvgIpc) is 3.17. The predicted molar refractivity (Wildman–Crippen MR) is 79.5 cm³/mol. The van der Waals surface area contributed by atoms with Gasteiger partial charge in [-0.2, -0.15) is 4.98 Å². The third kappa shape index (κ3) is 2.71. The smallest absolute Gasteiger partial charge is 0.257 e. The summed E-state index contributed by atoms with van der Waals surface area (Å²) < 4.78 is 5.38. The normalized spacial score (nSPS) is 25.9. The molecule has 2 aliphatic heterocycles. The Morgan fingerprint density at radius 1 is 1.19 bits per heavy atom. The molecule has 5 nitrogen and oxygen atoms in total. The Morgan fingerprint density at radius 3 is 2.95 bits per heavy atom. The highest BCUT2D eigenvalue weighted by atomic mass is 16.5. The van der Waals surface area contributed by atoms with Crippen molar-refractivity contribution in [3.63, 3.8) is 0 Å². The van der Waals surface area contributed by atoms with Gasteiger partial charge in [0.2, 0.25) is 0 Å². The first-order valence-electron chi connectivity index (χ1n) is 7.69. The monoisotopic (exact) mass is 284 g/mol. The van der Waals surface area contributed by atoms with E-state index in [4.69, 9.17) is 4.52 Å². The fourth-order valence-electron chi connectivity index (χ4n) is 3.47. The molecule has 2 aliphatic rings. The largest absolute Gasteiger partial charge is 0.334 e. The number of hydrogen-bond acceptors (Lipinski definition) is 5. The maximum absolute atomic E-state index is 5.38. The minimum absolute atomic E-state index is 0.614. The van der Waals surface area contributed by atoms with E-state index in [1.54, 1.807) is 0 Å². The van der Waals surface area contributed by atoms with E-state index in [1.165, 1.54) is 13.0 Å². The second-order valence-corrected chi connectivity index (χ2v) is 6.08. The molecular weight excluding hydrogens is 264 g/mol. The van der Waals surface area contributed by atoms with E-state index in [0.29, 0.717) is 5.89 Å². The number of likely N-dealkylation sites (tertiary alicyclic amines) is 1. The van der Waals surface area contributed by atoms with Crippen molar-refractivity contribution < 1.29 is 4.52 Å². The van der Waals surface area contributed by atoms with Gasteiger partial charge in [0, 0.05) is 12.1 Å². The molecule has 2 saturated heterocycles. The van der Waals surface area contributed by atoms with E-state index in [1.807, 2.05) is 30.3 Å². The van der Waals surface area contributed by atoms with Crippen LogP contribution >= 0.6 is 0 Å². The summed E-state index contributed by atoms with van der Waals surface area (Å²) >= 11 is 0. The highest BCUT2D eigenvalue weighted by Gasteiger charge is 2.33. The fourth-order valence-corrected chi connectivity index (χ4v) is 3.47. The molecule has 0 aliphatic carbocycles. The summed E-state index contributed by atoms with van der Waals surface area (Å²) in [6.45, 7) is 5.42. The molecule has 0 amide bonds. The number of nitrogens with one attached hydrogen (secondary N) is 1. The molecule has 5 heteroatoms. The van der Waals surface area contributed by atoms with Gasteiger partial charge in [-0.3, -0.25) is 4.90 Å². The summed E-state index contributed by atoms with van der Waals surface area (Å²) in [7, 11) is 0. The van der Waals surface area contributed by atoms with E-state index in [-0.39, 0.29) is 0 Å². The van der Waals surface area contributed by atoms with E-state index in [0.717, 1.165) is 49.4 Å². The third-order valence-electron chi connectivity index (χ3n) is 4.64. The first-order chi connectivity index (χ1) is 10.4. The molecule has 1 N–H and O–H groups in total. The summed E-state index contributed by atoms with van der Waals surface area (Å²) in [5.74, 6) is 3.06. The molecule has 1 aromatic heterocycles.